The summed E-state index contributed by atoms with van der Waals surface area (Å²) in [5.74, 6) is -0.446. The summed E-state index contributed by atoms with van der Waals surface area (Å²) in [5.41, 5.74) is 0.249. The maximum absolute atomic E-state index is 11.1. The molecule has 0 aromatic heterocycles. The van der Waals surface area contributed by atoms with Crippen molar-refractivity contribution in [2.24, 2.45) is 0 Å². The number of aromatic carboxylic acids is 1. The van der Waals surface area contributed by atoms with Gasteiger partial charge in [0.25, 0.3) is 0 Å². The Morgan fingerprint density at radius 1 is 0.759 bits per heavy atom. The predicted octanol–water partition coefficient (Wildman–Crippen LogP) is 7.87. The summed E-state index contributed by atoms with van der Waals surface area (Å²) in [7, 11) is 0. The van der Waals surface area contributed by atoms with E-state index in [9.17, 15) is 4.79 Å². The van der Waals surface area contributed by atoms with Gasteiger partial charge in [0, 0.05) is 0 Å². The number of carboxylic acid groups (broad SMARTS) is 1. The van der Waals surface area contributed by atoms with E-state index < -0.39 is 5.97 Å². The molecule has 0 spiro atoms. The van der Waals surface area contributed by atoms with Gasteiger partial charge in [-0.3, -0.25) is 0 Å². The van der Waals surface area contributed by atoms with Crippen molar-refractivity contribution in [3.8, 4) is 5.75 Å². The predicted molar refractivity (Wildman–Crippen MR) is 126 cm³/mol. The fourth-order valence-corrected chi connectivity index (χ4v) is 3.60. The van der Waals surface area contributed by atoms with Crippen molar-refractivity contribution in [1.82, 2.24) is 0 Å². The Kier molecular flexibility index (Phi) is 20.8. The van der Waals surface area contributed by atoms with E-state index in [0.29, 0.717) is 12.4 Å². The largest absolute Gasteiger partial charge is 2.00 e. The summed E-state index contributed by atoms with van der Waals surface area (Å²) in [6.45, 7) is 2.88. The first-order chi connectivity index (χ1) is 13.8. The number of unbranched alkanes of at least 4 members (excludes halogenated alkanes) is 15. The Hall–Kier alpha value is -0.250. The number of hydrogen-bond donors (Lipinski definition) is 1. The molecule has 0 atom stereocenters. The van der Waals surface area contributed by atoms with Gasteiger partial charge in [-0.25, -0.2) is 4.79 Å². The van der Waals surface area contributed by atoms with Gasteiger partial charge >= 0.3 is 43.7 Å². The van der Waals surface area contributed by atoms with Crippen LogP contribution < -0.4 is 4.74 Å². The van der Waals surface area contributed by atoms with Crippen LogP contribution in [0.5, 0.6) is 5.75 Å². The van der Waals surface area contributed by atoms with E-state index in [1.807, 2.05) is 6.07 Å². The quantitative estimate of drug-likeness (QED) is 0.179. The Morgan fingerprint density at radius 3 is 1.62 bits per heavy atom. The van der Waals surface area contributed by atoms with E-state index in [4.69, 9.17) is 9.84 Å². The van der Waals surface area contributed by atoms with Crippen LogP contribution in [0.4, 0.5) is 0 Å². The minimum atomic E-state index is -0.928. The number of carboxylic acids is 1. The van der Waals surface area contributed by atoms with E-state index in [2.05, 4.69) is 6.92 Å². The zero-order chi connectivity index (χ0) is 20.3. The van der Waals surface area contributed by atoms with Crippen molar-refractivity contribution in [2.45, 2.75) is 110 Å². The Morgan fingerprint density at radius 2 is 1.17 bits per heavy atom. The molecular weight excluding hydrogens is 388 g/mol. The molecule has 0 aliphatic rings. The molecule has 0 heterocycles. The Balaban J connectivity index is -0.00000261. The zero-order valence-corrected chi connectivity index (χ0v) is 21.0. The minimum Gasteiger partial charge on any atom is -1.00 e. The second-order valence-electron chi connectivity index (χ2n) is 7.95. The van der Waals surface area contributed by atoms with Gasteiger partial charge in [-0.2, -0.15) is 0 Å². The van der Waals surface area contributed by atoms with Gasteiger partial charge in [-0.1, -0.05) is 115 Å². The topological polar surface area (TPSA) is 46.5 Å². The van der Waals surface area contributed by atoms with Gasteiger partial charge < -0.3 is 12.7 Å². The number of benzene rings is 1. The molecule has 0 aliphatic heterocycles. The molecule has 29 heavy (non-hydrogen) atoms. The molecule has 4 heteroatoms. The summed E-state index contributed by atoms with van der Waals surface area (Å²) < 4.78 is 5.64. The molecule has 0 unspecified atom stereocenters. The summed E-state index contributed by atoms with van der Waals surface area (Å²) in [4.78, 5) is 11.1. The van der Waals surface area contributed by atoms with Crippen molar-refractivity contribution in [3.05, 3.63) is 29.8 Å². The molecule has 0 radical (unpaired) electrons. The van der Waals surface area contributed by atoms with Gasteiger partial charge in [0.2, 0.25) is 0 Å². The number of carbonyl (C=O) groups is 1. The van der Waals surface area contributed by atoms with Crippen molar-refractivity contribution in [2.75, 3.05) is 6.61 Å². The number of rotatable bonds is 19. The first-order valence-electron chi connectivity index (χ1n) is 11.7. The van der Waals surface area contributed by atoms with Gasteiger partial charge in [0.1, 0.15) is 11.3 Å². The van der Waals surface area contributed by atoms with Crippen LogP contribution in [0.1, 0.15) is 123 Å². The molecule has 1 aromatic carbocycles. The molecular formula is C25H44CaO3. The molecule has 164 valence electrons. The molecule has 0 amide bonds. The Labute approximate surface area is 212 Å². The van der Waals surface area contributed by atoms with E-state index in [1.165, 1.54) is 89.9 Å². The van der Waals surface area contributed by atoms with Crippen LogP contribution in [0, 0.1) is 0 Å². The first kappa shape index (κ1) is 28.7. The van der Waals surface area contributed by atoms with E-state index in [-0.39, 0.29) is 46.2 Å². The number of para-hydroxylation sites is 1. The van der Waals surface area contributed by atoms with Crippen LogP contribution in [0.2, 0.25) is 0 Å². The summed E-state index contributed by atoms with van der Waals surface area (Å²) in [6, 6.07) is 6.86. The fourth-order valence-electron chi connectivity index (χ4n) is 3.60. The molecule has 0 saturated heterocycles. The van der Waals surface area contributed by atoms with E-state index >= 15 is 0 Å². The maximum atomic E-state index is 11.1. The van der Waals surface area contributed by atoms with Crippen LogP contribution >= 0.6 is 0 Å². The van der Waals surface area contributed by atoms with E-state index in [0.717, 1.165) is 12.8 Å². The average molecular weight is 433 g/mol. The summed E-state index contributed by atoms with van der Waals surface area (Å²) >= 11 is 0. The number of hydrogen-bond acceptors (Lipinski definition) is 2. The first-order valence-corrected chi connectivity index (χ1v) is 11.7. The second-order valence-corrected chi connectivity index (χ2v) is 7.95. The molecule has 0 fully saturated rings. The molecule has 1 rings (SSSR count). The number of ether oxygens (including phenoxy) is 1. The minimum absolute atomic E-state index is 0. The monoisotopic (exact) mass is 432 g/mol. The van der Waals surface area contributed by atoms with Crippen molar-refractivity contribution >= 4 is 43.7 Å². The molecule has 0 saturated carbocycles. The third-order valence-corrected chi connectivity index (χ3v) is 5.37. The van der Waals surface area contributed by atoms with Crippen LogP contribution in [0.15, 0.2) is 24.3 Å². The van der Waals surface area contributed by atoms with Gasteiger partial charge in [0.15, 0.2) is 0 Å². The van der Waals surface area contributed by atoms with Crippen LogP contribution in [0.25, 0.3) is 0 Å². The zero-order valence-electron chi connectivity index (χ0n) is 20.8. The summed E-state index contributed by atoms with van der Waals surface area (Å²) in [6.07, 6.45) is 21.6. The standard InChI is InChI=1S/C25H42O3.Ca.2H/c1-2-3-4-5-6-7-8-9-10-11-12-13-14-15-16-19-22-28-24-21-18-17-20-23(24)25(26)27;;;/h17-18,20-21H,2-16,19,22H2,1H3,(H,26,27);;;/q;+2;2*-1. The molecule has 0 aliphatic carbocycles. The molecule has 0 bridgehead atoms. The molecule has 3 nitrogen and oxygen atoms in total. The normalized spacial score (nSPS) is 10.5. The van der Waals surface area contributed by atoms with Crippen LogP contribution in [0.3, 0.4) is 0 Å². The maximum Gasteiger partial charge on any atom is 2.00 e. The van der Waals surface area contributed by atoms with Gasteiger partial charge in [0.05, 0.1) is 6.61 Å². The molecule has 1 N–H and O–H groups in total. The SMILES string of the molecule is CCCCCCCCCCCCCCCCCCOc1ccccc1C(=O)O.[Ca+2].[H-].[H-]. The van der Waals surface area contributed by atoms with Gasteiger partial charge in [-0.05, 0) is 18.6 Å². The van der Waals surface area contributed by atoms with Crippen LogP contribution in [-0.2, 0) is 0 Å². The smallest absolute Gasteiger partial charge is 1.00 e. The summed E-state index contributed by atoms with van der Waals surface area (Å²) in [5, 5.41) is 9.13. The van der Waals surface area contributed by atoms with Gasteiger partial charge in [-0.15, -0.1) is 0 Å². The molecule has 1 aromatic rings. The third-order valence-electron chi connectivity index (χ3n) is 5.37. The van der Waals surface area contributed by atoms with Crippen molar-refractivity contribution in [1.29, 1.82) is 0 Å². The fraction of sp³-hybridized carbons (Fsp3) is 0.720. The second kappa shape index (κ2) is 21.0. The third kappa shape index (κ3) is 16.2. The Bertz CT molecular complexity index is 515. The van der Waals surface area contributed by atoms with Crippen LogP contribution in [-0.4, -0.2) is 55.4 Å². The average Bonchev–Trinajstić information content (AvgIpc) is 2.70. The van der Waals surface area contributed by atoms with Crippen molar-refractivity contribution < 1.29 is 17.5 Å². The van der Waals surface area contributed by atoms with Crippen molar-refractivity contribution in [3.63, 3.8) is 0 Å². The van der Waals surface area contributed by atoms with E-state index in [1.54, 1.807) is 18.2 Å².